The van der Waals surface area contributed by atoms with Crippen LogP contribution in [0.5, 0.6) is 0 Å². The molecule has 0 radical (unpaired) electrons. The van der Waals surface area contributed by atoms with Gasteiger partial charge in [0, 0.05) is 12.4 Å². The van der Waals surface area contributed by atoms with E-state index in [1.807, 2.05) is 19.4 Å². The van der Waals surface area contributed by atoms with Gasteiger partial charge in [0.15, 0.2) is 0 Å². The molecule has 0 aliphatic carbocycles. The van der Waals surface area contributed by atoms with Crippen LogP contribution in [0.4, 0.5) is 0 Å². The number of pyridine rings is 1. The van der Waals surface area contributed by atoms with Crippen molar-refractivity contribution in [1.29, 1.82) is 0 Å². The molecular weight excluding hydrogens is 172 g/mol. The van der Waals surface area contributed by atoms with Crippen LogP contribution in [0, 0.1) is 5.41 Å². The van der Waals surface area contributed by atoms with Gasteiger partial charge in [0.25, 0.3) is 0 Å². The lowest BCUT2D eigenvalue weighted by atomic mass is 9.83. The van der Waals surface area contributed by atoms with E-state index >= 15 is 0 Å². The second-order valence-electron chi connectivity index (χ2n) is 4.55. The van der Waals surface area contributed by atoms with Crippen LogP contribution in [0.2, 0.25) is 0 Å². The Labute approximate surface area is 86.8 Å². The van der Waals surface area contributed by atoms with E-state index in [2.05, 4.69) is 36.3 Å². The van der Waals surface area contributed by atoms with Gasteiger partial charge >= 0.3 is 0 Å². The van der Waals surface area contributed by atoms with Crippen molar-refractivity contribution < 1.29 is 0 Å². The minimum absolute atomic E-state index is 0.365. The van der Waals surface area contributed by atoms with Crippen LogP contribution >= 0.6 is 0 Å². The van der Waals surface area contributed by atoms with Crippen molar-refractivity contribution in [2.75, 3.05) is 13.6 Å². The van der Waals surface area contributed by atoms with E-state index in [1.54, 1.807) is 0 Å². The van der Waals surface area contributed by atoms with Crippen LogP contribution in [0.25, 0.3) is 0 Å². The van der Waals surface area contributed by atoms with E-state index < -0.39 is 0 Å². The molecule has 0 aliphatic heterocycles. The van der Waals surface area contributed by atoms with Crippen LogP contribution in [0.3, 0.4) is 0 Å². The Balaban J connectivity index is 2.50. The van der Waals surface area contributed by atoms with Crippen LogP contribution in [0.1, 0.15) is 25.8 Å². The molecule has 78 valence electrons. The first-order valence-electron chi connectivity index (χ1n) is 5.17. The predicted molar refractivity (Wildman–Crippen MR) is 60.3 cm³/mol. The van der Waals surface area contributed by atoms with E-state index in [-0.39, 0.29) is 0 Å². The van der Waals surface area contributed by atoms with Crippen molar-refractivity contribution in [2.45, 2.75) is 26.7 Å². The number of hydrogen-bond donors (Lipinski definition) is 1. The van der Waals surface area contributed by atoms with Gasteiger partial charge in [0.2, 0.25) is 0 Å². The predicted octanol–water partition coefficient (Wildman–Crippen LogP) is 2.26. The molecule has 2 nitrogen and oxygen atoms in total. The maximum Gasteiger partial charge on any atom is 0.0270 e. The van der Waals surface area contributed by atoms with E-state index in [9.17, 15) is 0 Å². The van der Waals surface area contributed by atoms with E-state index in [4.69, 9.17) is 0 Å². The number of aromatic nitrogens is 1. The minimum Gasteiger partial charge on any atom is -0.320 e. The fourth-order valence-electron chi connectivity index (χ4n) is 1.61. The van der Waals surface area contributed by atoms with E-state index in [0.29, 0.717) is 5.41 Å². The Morgan fingerprint density at radius 3 is 2.50 bits per heavy atom. The summed E-state index contributed by atoms with van der Waals surface area (Å²) in [6, 6.07) is 4.20. The first kappa shape index (κ1) is 11.2. The van der Waals surface area contributed by atoms with Crippen LogP contribution < -0.4 is 5.32 Å². The zero-order chi connectivity index (χ0) is 10.4. The molecule has 0 saturated carbocycles. The van der Waals surface area contributed by atoms with Gasteiger partial charge in [-0.25, -0.2) is 0 Å². The van der Waals surface area contributed by atoms with Gasteiger partial charge in [-0.2, -0.15) is 0 Å². The lowest BCUT2D eigenvalue weighted by Crippen LogP contribution is -2.21. The molecule has 0 aromatic carbocycles. The fourth-order valence-corrected chi connectivity index (χ4v) is 1.61. The van der Waals surface area contributed by atoms with Gasteiger partial charge < -0.3 is 5.32 Å². The zero-order valence-corrected chi connectivity index (χ0v) is 9.38. The Morgan fingerprint density at radius 1 is 1.29 bits per heavy atom. The third-order valence-electron chi connectivity index (χ3n) is 2.48. The number of nitrogens with zero attached hydrogens (tertiary/aromatic N) is 1. The monoisotopic (exact) mass is 192 g/mol. The zero-order valence-electron chi connectivity index (χ0n) is 9.38. The van der Waals surface area contributed by atoms with Gasteiger partial charge in [0.1, 0.15) is 0 Å². The first-order chi connectivity index (χ1) is 6.64. The van der Waals surface area contributed by atoms with Crippen molar-refractivity contribution in [2.24, 2.45) is 5.41 Å². The molecule has 1 N–H and O–H groups in total. The van der Waals surface area contributed by atoms with Crippen molar-refractivity contribution in [3.8, 4) is 0 Å². The number of nitrogens with one attached hydrogen (secondary N) is 1. The van der Waals surface area contributed by atoms with Crippen molar-refractivity contribution in [3.05, 3.63) is 30.1 Å². The quantitative estimate of drug-likeness (QED) is 0.774. The molecule has 0 amide bonds. The highest BCUT2D eigenvalue weighted by Gasteiger charge is 2.17. The normalized spacial score (nSPS) is 11.6. The molecule has 1 heterocycles. The highest BCUT2D eigenvalue weighted by atomic mass is 14.8. The third kappa shape index (κ3) is 3.88. The van der Waals surface area contributed by atoms with Crippen molar-refractivity contribution in [1.82, 2.24) is 10.3 Å². The summed E-state index contributed by atoms with van der Waals surface area (Å²) in [7, 11) is 2.00. The molecule has 0 fully saturated rings. The summed E-state index contributed by atoms with van der Waals surface area (Å²) in [6.45, 7) is 5.70. The lowest BCUT2D eigenvalue weighted by Gasteiger charge is -2.24. The molecule has 0 saturated heterocycles. The smallest absolute Gasteiger partial charge is 0.0270 e. The van der Waals surface area contributed by atoms with Gasteiger partial charge in [-0.15, -0.1) is 0 Å². The van der Waals surface area contributed by atoms with Gasteiger partial charge in [-0.3, -0.25) is 4.98 Å². The third-order valence-corrected chi connectivity index (χ3v) is 2.48. The molecule has 1 aromatic heterocycles. The second-order valence-corrected chi connectivity index (χ2v) is 4.55. The summed E-state index contributed by atoms with van der Waals surface area (Å²) in [4.78, 5) is 4.03. The minimum atomic E-state index is 0.365. The summed E-state index contributed by atoms with van der Waals surface area (Å²) in [5.41, 5.74) is 1.74. The molecule has 0 bridgehead atoms. The molecule has 0 spiro atoms. The molecule has 1 rings (SSSR count). The maximum atomic E-state index is 4.03. The lowest BCUT2D eigenvalue weighted by molar-refractivity contribution is 0.329. The van der Waals surface area contributed by atoms with Crippen molar-refractivity contribution >= 4 is 0 Å². The summed E-state index contributed by atoms with van der Waals surface area (Å²) in [6.07, 6.45) is 6.05. The van der Waals surface area contributed by atoms with E-state index in [0.717, 1.165) is 13.0 Å². The Morgan fingerprint density at radius 2 is 1.93 bits per heavy atom. The molecule has 0 aliphatic rings. The molecule has 0 atom stereocenters. The Hall–Kier alpha value is -0.890. The summed E-state index contributed by atoms with van der Waals surface area (Å²) in [5.74, 6) is 0. The highest BCUT2D eigenvalue weighted by molar-refractivity contribution is 5.11. The Kier molecular flexibility index (Phi) is 4.08. The largest absolute Gasteiger partial charge is 0.320 e. The van der Waals surface area contributed by atoms with Gasteiger partial charge in [-0.05, 0) is 49.5 Å². The molecule has 1 aromatic rings. The number of hydrogen-bond acceptors (Lipinski definition) is 2. The molecule has 2 heteroatoms. The average molecular weight is 192 g/mol. The van der Waals surface area contributed by atoms with Gasteiger partial charge in [-0.1, -0.05) is 13.8 Å². The van der Waals surface area contributed by atoms with Crippen LogP contribution in [-0.4, -0.2) is 18.6 Å². The van der Waals surface area contributed by atoms with Crippen LogP contribution in [-0.2, 0) is 6.42 Å². The topological polar surface area (TPSA) is 24.9 Å². The average Bonchev–Trinajstić information content (AvgIpc) is 2.16. The molecule has 14 heavy (non-hydrogen) atoms. The first-order valence-corrected chi connectivity index (χ1v) is 5.17. The standard InChI is InChI=1S/C12H20N2/c1-12(2,6-9-13-3)10-11-4-7-14-8-5-11/h4-5,7-8,13H,6,9-10H2,1-3H3. The highest BCUT2D eigenvalue weighted by Crippen LogP contribution is 2.24. The van der Waals surface area contributed by atoms with E-state index in [1.165, 1.54) is 12.0 Å². The molecular formula is C12H20N2. The summed E-state index contributed by atoms with van der Waals surface area (Å²) < 4.78 is 0. The number of rotatable bonds is 5. The maximum absolute atomic E-state index is 4.03. The van der Waals surface area contributed by atoms with Crippen LogP contribution in [0.15, 0.2) is 24.5 Å². The summed E-state index contributed by atoms with van der Waals surface area (Å²) >= 11 is 0. The fraction of sp³-hybridized carbons (Fsp3) is 0.583. The molecule has 0 unspecified atom stereocenters. The summed E-state index contributed by atoms with van der Waals surface area (Å²) in [5, 5.41) is 3.20. The Bertz CT molecular complexity index is 254. The van der Waals surface area contributed by atoms with Gasteiger partial charge in [0.05, 0.1) is 0 Å². The van der Waals surface area contributed by atoms with Crippen molar-refractivity contribution in [3.63, 3.8) is 0 Å². The SMILES string of the molecule is CNCCC(C)(C)Cc1ccncc1. The second kappa shape index (κ2) is 5.11.